The number of nitrogens with one attached hydrogen (secondary N) is 2. The minimum Gasteiger partial charge on any atom is -0.380 e. The van der Waals surface area contributed by atoms with Crippen molar-refractivity contribution in [1.29, 1.82) is 0 Å². The number of carbonyl (C=O) groups excluding carboxylic acids is 1. The van der Waals surface area contributed by atoms with E-state index in [0.717, 1.165) is 25.1 Å². The van der Waals surface area contributed by atoms with Crippen LogP contribution in [0.1, 0.15) is 48.2 Å². The smallest absolute Gasteiger partial charge is 0.270 e. The summed E-state index contributed by atoms with van der Waals surface area (Å²) in [5, 5.41) is 6.40. The summed E-state index contributed by atoms with van der Waals surface area (Å²) in [5.74, 6) is -0.0634. The summed E-state index contributed by atoms with van der Waals surface area (Å²) in [5.41, 5.74) is 2.62. The molecule has 2 aromatic rings. The van der Waals surface area contributed by atoms with E-state index in [2.05, 4.69) is 27.8 Å². The molecule has 1 aromatic heterocycles. The first kappa shape index (κ1) is 15.5. The number of rotatable bonds is 5. The van der Waals surface area contributed by atoms with Crippen molar-refractivity contribution in [3.05, 3.63) is 59.9 Å². The SMILES string of the molecule is O=C(NC1CCCCC1)c1ccc(NCc2ccccc2)cn1. The first-order chi connectivity index (χ1) is 11.3. The maximum Gasteiger partial charge on any atom is 0.270 e. The zero-order chi connectivity index (χ0) is 15.9. The summed E-state index contributed by atoms with van der Waals surface area (Å²) in [6.45, 7) is 0.746. The summed E-state index contributed by atoms with van der Waals surface area (Å²) >= 11 is 0. The predicted molar refractivity (Wildman–Crippen MR) is 92.3 cm³/mol. The standard InChI is InChI=1S/C19H23N3O/c23-19(22-16-9-5-2-6-10-16)18-12-11-17(14-21-18)20-13-15-7-3-1-4-8-15/h1,3-4,7-8,11-12,14,16,20H,2,5-6,9-10,13H2,(H,22,23). The summed E-state index contributed by atoms with van der Waals surface area (Å²) in [6.07, 6.45) is 7.59. The predicted octanol–water partition coefficient (Wildman–Crippen LogP) is 3.76. The number of hydrogen-bond donors (Lipinski definition) is 2. The van der Waals surface area contributed by atoms with E-state index in [0.29, 0.717) is 11.7 Å². The van der Waals surface area contributed by atoms with Crippen LogP contribution in [0, 0.1) is 0 Å². The van der Waals surface area contributed by atoms with Crippen molar-refractivity contribution >= 4 is 11.6 Å². The second kappa shape index (κ2) is 7.77. The van der Waals surface area contributed by atoms with Crippen molar-refractivity contribution in [3.63, 3.8) is 0 Å². The molecule has 1 aliphatic carbocycles. The Balaban J connectivity index is 1.52. The van der Waals surface area contributed by atoms with Gasteiger partial charge in [0.25, 0.3) is 5.91 Å². The minimum absolute atomic E-state index is 0.0634. The Morgan fingerprint density at radius 1 is 1.04 bits per heavy atom. The van der Waals surface area contributed by atoms with Crippen LogP contribution in [-0.4, -0.2) is 16.9 Å². The molecule has 0 radical (unpaired) electrons. The van der Waals surface area contributed by atoms with Crippen LogP contribution >= 0.6 is 0 Å². The molecule has 0 unspecified atom stereocenters. The number of aromatic nitrogens is 1. The van der Waals surface area contributed by atoms with Crippen LogP contribution in [0.3, 0.4) is 0 Å². The molecule has 4 nitrogen and oxygen atoms in total. The van der Waals surface area contributed by atoms with Gasteiger partial charge in [0.15, 0.2) is 0 Å². The largest absolute Gasteiger partial charge is 0.380 e. The van der Waals surface area contributed by atoms with Gasteiger partial charge in [0, 0.05) is 12.6 Å². The summed E-state index contributed by atoms with van der Waals surface area (Å²) < 4.78 is 0. The van der Waals surface area contributed by atoms with Gasteiger partial charge >= 0.3 is 0 Å². The van der Waals surface area contributed by atoms with E-state index in [9.17, 15) is 4.79 Å². The maximum absolute atomic E-state index is 12.2. The second-order valence-electron chi connectivity index (χ2n) is 6.08. The van der Waals surface area contributed by atoms with E-state index in [1.165, 1.54) is 24.8 Å². The molecular weight excluding hydrogens is 286 g/mol. The van der Waals surface area contributed by atoms with E-state index in [1.54, 1.807) is 12.3 Å². The van der Waals surface area contributed by atoms with Crippen LogP contribution in [0.25, 0.3) is 0 Å². The van der Waals surface area contributed by atoms with E-state index in [-0.39, 0.29) is 5.91 Å². The molecule has 1 aliphatic rings. The van der Waals surface area contributed by atoms with Gasteiger partial charge in [-0.25, -0.2) is 4.98 Å². The van der Waals surface area contributed by atoms with Gasteiger partial charge in [0.1, 0.15) is 5.69 Å². The second-order valence-corrected chi connectivity index (χ2v) is 6.08. The lowest BCUT2D eigenvalue weighted by Crippen LogP contribution is -2.36. The van der Waals surface area contributed by atoms with Crippen molar-refractivity contribution in [3.8, 4) is 0 Å². The van der Waals surface area contributed by atoms with Crippen molar-refractivity contribution in [2.24, 2.45) is 0 Å². The van der Waals surface area contributed by atoms with E-state index >= 15 is 0 Å². The van der Waals surface area contributed by atoms with Crippen molar-refractivity contribution < 1.29 is 4.79 Å². The third kappa shape index (κ3) is 4.55. The zero-order valence-corrected chi connectivity index (χ0v) is 13.3. The third-order valence-corrected chi connectivity index (χ3v) is 4.28. The minimum atomic E-state index is -0.0634. The van der Waals surface area contributed by atoms with E-state index < -0.39 is 0 Å². The highest BCUT2D eigenvalue weighted by molar-refractivity contribution is 5.92. The Bertz CT molecular complexity index is 619. The fourth-order valence-electron chi connectivity index (χ4n) is 2.94. The molecule has 0 saturated heterocycles. The highest BCUT2D eigenvalue weighted by Gasteiger charge is 2.17. The lowest BCUT2D eigenvalue weighted by atomic mass is 9.95. The third-order valence-electron chi connectivity index (χ3n) is 4.28. The topological polar surface area (TPSA) is 54.0 Å². The van der Waals surface area contributed by atoms with Crippen LogP contribution in [0.15, 0.2) is 48.7 Å². The molecule has 1 aromatic carbocycles. The number of nitrogens with zero attached hydrogens (tertiary/aromatic N) is 1. The number of hydrogen-bond acceptors (Lipinski definition) is 3. The number of benzene rings is 1. The Kier molecular flexibility index (Phi) is 5.25. The number of amides is 1. The molecule has 23 heavy (non-hydrogen) atoms. The van der Waals surface area contributed by atoms with Gasteiger partial charge in [-0.3, -0.25) is 4.79 Å². The van der Waals surface area contributed by atoms with Crippen molar-refractivity contribution in [2.75, 3.05) is 5.32 Å². The molecule has 4 heteroatoms. The monoisotopic (exact) mass is 309 g/mol. The lowest BCUT2D eigenvalue weighted by molar-refractivity contribution is 0.0922. The fraction of sp³-hybridized carbons (Fsp3) is 0.368. The molecule has 120 valence electrons. The average Bonchev–Trinajstić information content (AvgIpc) is 2.62. The highest BCUT2D eigenvalue weighted by Crippen LogP contribution is 2.18. The molecular formula is C19H23N3O. The molecule has 1 fully saturated rings. The zero-order valence-electron chi connectivity index (χ0n) is 13.3. The van der Waals surface area contributed by atoms with Gasteiger partial charge in [0.2, 0.25) is 0 Å². The molecule has 0 aliphatic heterocycles. The summed E-state index contributed by atoms with van der Waals surface area (Å²) in [4.78, 5) is 16.5. The van der Waals surface area contributed by atoms with E-state index in [4.69, 9.17) is 0 Å². The number of anilines is 1. The maximum atomic E-state index is 12.2. The fourth-order valence-corrected chi connectivity index (χ4v) is 2.94. The molecule has 1 saturated carbocycles. The van der Waals surface area contributed by atoms with Crippen LogP contribution < -0.4 is 10.6 Å². The molecule has 0 atom stereocenters. The van der Waals surface area contributed by atoms with Gasteiger partial charge in [-0.15, -0.1) is 0 Å². The van der Waals surface area contributed by atoms with Crippen molar-refractivity contribution in [1.82, 2.24) is 10.3 Å². The van der Waals surface area contributed by atoms with Gasteiger partial charge in [-0.2, -0.15) is 0 Å². The van der Waals surface area contributed by atoms with Gasteiger partial charge in [-0.05, 0) is 30.5 Å². The molecule has 1 heterocycles. The van der Waals surface area contributed by atoms with Crippen LogP contribution in [0.4, 0.5) is 5.69 Å². The molecule has 1 amide bonds. The molecule has 0 spiro atoms. The van der Waals surface area contributed by atoms with Crippen LogP contribution in [-0.2, 0) is 6.54 Å². The summed E-state index contributed by atoms with van der Waals surface area (Å²) in [6, 6.07) is 14.2. The first-order valence-corrected chi connectivity index (χ1v) is 8.36. The summed E-state index contributed by atoms with van der Waals surface area (Å²) in [7, 11) is 0. The lowest BCUT2D eigenvalue weighted by Gasteiger charge is -2.22. The van der Waals surface area contributed by atoms with Gasteiger partial charge in [-0.1, -0.05) is 49.6 Å². The van der Waals surface area contributed by atoms with Crippen molar-refractivity contribution in [2.45, 2.75) is 44.7 Å². The Morgan fingerprint density at radius 3 is 2.52 bits per heavy atom. The Morgan fingerprint density at radius 2 is 1.83 bits per heavy atom. The normalized spacial score (nSPS) is 15.1. The van der Waals surface area contributed by atoms with E-state index in [1.807, 2.05) is 24.3 Å². The Hall–Kier alpha value is -2.36. The molecule has 2 N–H and O–H groups in total. The Labute approximate surface area is 137 Å². The van der Waals surface area contributed by atoms with Gasteiger partial charge in [0.05, 0.1) is 11.9 Å². The first-order valence-electron chi connectivity index (χ1n) is 8.36. The molecule has 0 bridgehead atoms. The number of pyridine rings is 1. The quantitative estimate of drug-likeness (QED) is 0.884. The van der Waals surface area contributed by atoms with Crippen LogP contribution in [0.2, 0.25) is 0 Å². The number of carbonyl (C=O) groups is 1. The van der Waals surface area contributed by atoms with Crippen LogP contribution in [0.5, 0.6) is 0 Å². The van der Waals surface area contributed by atoms with Gasteiger partial charge < -0.3 is 10.6 Å². The highest BCUT2D eigenvalue weighted by atomic mass is 16.1. The molecule has 3 rings (SSSR count). The average molecular weight is 309 g/mol.